The maximum Gasteiger partial charge on any atom is 0.288 e. The quantitative estimate of drug-likeness (QED) is 0.832. The fourth-order valence-corrected chi connectivity index (χ4v) is 2.63. The predicted octanol–water partition coefficient (Wildman–Crippen LogP) is 1.95. The molecule has 0 saturated carbocycles. The number of nitrogens with zero attached hydrogens (tertiary/aromatic N) is 1. The molecule has 0 unspecified atom stereocenters. The third-order valence-corrected chi connectivity index (χ3v) is 3.76. The topological polar surface area (TPSA) is 92.5 Å². The van der Waals surface area contributed by atoms with Crippen molar-refractivity contribution in [3.63, 3.8) is 0 Å². The molecule has 2 rings (SSSR count). The molecule has 0 atom stereocenters. The van der Waals surface area contributed by atoms with E-state index < -0.39 is 11.1 Å². The molecular weight excluding hydrogens is 302 g/mol. The summed E-state index contributed by atoms with van der Waals surface area (Å²) in [6.45, 7) is -0.313. The van der Waals surface area contributed by atoms with Crippen LogP contribution >= 0.6 is 23.4 Å². The van der Waals surface area contributed by atoms with Crippen molar-refractivity contribution in [1.82, 2.24) is 4.90 Å². The summed E-state index contributed by atoms with van der Waals surface area (Å²) in [6.07, 6.45) is 0.257. The number of nitrogen functional groups attached to an aromatic ring is 1. The van der Waals surface area contributed by atoms with Crippen LogP contribution in [-0.2, 0) is 9.59 Å². The number of nitrogens with one attached hydrogen (secondary N) is 1. The smallest absolute Gasteiger partial charge is 0.288 e. The van der Waals surface area contributed by atoms with Crippen LogP contribution in [0.5, 0.6) is 0 Å². The third kappa shape index (κ3) is 3.43. The Balaban J connectivity index is 2.01. The Labute approximate surface area is 124 Å². The molecule has 1 aromatic carbocycles. The number of carbonyl (C=O) groups is 3. The maximum absolute atomic E-state index is 11.9. The third-order valence-electron chi connectivity index (χ3n) is 2.65. The first-order valence-electron chi connectivity index (χ1n) is 5.79. The van der Waals surface area contributed by atoms with Crippen LogP contribution in [0.15, 0.2) is 18.2 Å². The number of rotatable bonds is 3. The van der Waals surface area contributed by atoms with Crippen LogP contribution in [0.3, 0.4) is 0 Å². The van der Waals surface area contributed by atoms with Crippen LogP contribution in [0.1, 0.15) is 6.42 Å². The minimum Gasteiger partial charge on any atom is -0.397 e. The Morgan fingerprint density at radius 3 is 2.85 bits per heavy atom. The standard InChI is InChI=1S/C12H12ClN3O3S/c13-7-1-2-9(8(14)5-7)15-10(17)6-16-11(18)3-4-20-12(16)19/h1-2,5H,3-4,6,14H2,(H,15,17). The molecule has 1 fully saturated rings. The Morgan fingerprint density at radius 1 is 1.45 bits per heavy atom. The first kappa shape index (κ1) is 14.7. The van der Waals surface area contributed by atoms with Crippen molar-refractivity contribution in [2.24, 2.45) is 0 Å². The van der Waals surface area contributed by atoms with E-state index in [1.165, 1.54) is 6.07 Å². The Hall–Kier alpha value is -1.73. The molecule has 0 aliphatic carbocycles. The van der Waals surface area contributed by atoms with Gasteiger partial charge in [0.25, 0.3) is 5.24 Å². The lowest BCUT2D eigenvalue weighted by Crippen LogP contribution is -2.43. The van der Waals surface area contributed by atoms with Gasteiger partial charge in [-0.15, -0.1) is 0 Å². The molecule has 0 spiro atoms. The first-order valence-corrected chi connectivity index (χ1v) is 7.15. The molecule has 6 nitrogen and oxygen atoms in total. The van der Waals surface area contributed by atoms with Gasteiger partial charge >= 0.3 is 0 Å². The monoisotopic (exact) mass is 313 g/mol. The van der Waals surface area contributed by atoms with Crippen molar-refractivity contribution in [3.8, 4) is 0 Å². The van der Waals surface area contributed by atoms with Crippen LogP contribution in [0, 0.1) is 0 Å². The van der Waals surface area contributed by atoms with Crippen LogP contribution in [0.2, 0.25) is 5.02 Å². The van der Waals surface area contributed by atoms with Gasteiger partial charge in [0.05, 0.1) is 11.4 Å². The number of imide groups is 1. The molecule has 0 radical (unpaired) electrons. The minimum atomic E-state index is -0.483. The maximum atomic E-state index is 11.9. The molecule has 0 aromatic heterocycles. The average Bonchev–Trinajstić information content (AvgIpc) is 2.37. The zero-order valence-corrected chi connectivity index (χ0v) is 12.0. The van der Waals surface area contributed by atoms with E-state index >= 15 is 0 Å². The highest BCUT2D eigenvalue weighted by Crippen LogP contribution is 2.23. The predicted molar refractivity (Wildman–Crippen MR) is 78.7 cm³/mol. The number of hydrogen-bond donors (Lipinski definition) is 2. The molecular formula is C12H12ClN3O3S. The molecule has 1 aliphatic heterocycles. The number of halogens is 1. The van der Waals surface area contributed by atoms with Crippen molar-refractivity contribution >= 4 is 51.8 Å². The van der Waals surface area contributed by atoms with Gasteiger partial charge in [-0.3, -0.25) is 19.3 Å². The van der Waals surface area contributed by atoms with Gasteiger partial charge in [0.1, 0.15) is 6.54 Å². The number of benzene rings is 1. The summed E-state index contributed by atoms with van der Waals surface area (Å²) in [5.74, 6) is -0.365. The summed E-state index contributed by atoms with van der Waals surface area (Å²) in [5, 5.41) is 2.60. The van der Waals surface area contributed by atoms with Crippen molar-refractivity contribution in [1.29, 1.82) is 0 Å². The van der Waals surface area contributed by atoms with Crippen molar-refractivity contribution in [2.75, 3.05) is 23.3 Å². The van der Waals surface area contributed by atoms with Gasteiger partial charge in [-0.25, -0.2) is 0 Å². The number of amides is 3. The summed E-state index contributed by atoms with van der Waals surface area (Å²) < 4.78 is 0. The highest BCUT2D eigenvalue weighted by molar-refractivity contribution is 8.13. The largest absolute Gasteiger partial charge is 0.397 e. The zero-order valence-electron chi connectivity index (χ0n) is 10.4. The van der Waals surface area contributed by atoms with Gasteiger partial charge < -0.3 is 11.1 Å². The highest BCUT2D eigenvalue weighted by Gasteiger charge is 2.28. The number of thioether (sulfide) groups is 1. The van der Waals surface area contributed by atoms with Crippen molar-refractivity contribution < 1.29 is 14.4 Å². The molecule has 0 bridgehead atoms. The van der Waals surface area contributed by atoms with Crippen LogP contribution < -0.4 is 11.1 Å². The lowest BCUT2D eigenvalue weighted by atomic mass is 10.2. The van der Waals surface area contributed by atoms with E-state index in [9.17, 15) is 14.4 Å². The fourth-order valence-electron chi connectivity index (χ4n) is 1.67. The lowest BCUT2D eigenvalue weighted by molar-refractivity contribution is -0.131. The second kappa shape index (κ2) is 6.15. The Kier molecular flexibility index (Phi) is 4.51. The van der Waals surface area contributed by atoms with Gasteiger partial charge in [-0.2, -0.15) is 0 Å². The molecule has 3 N–H and O–H groups in total. The van der Waals surface area contributed by atoms with Gasteiger partial charge in [-0.1, -0.05) is 23.4 Å². The normalized spacial score (nSPS) is 15.3. The second-order valence-corrected chi connectivity index (χ2v) is 5.61. The number of anilines is 2. The van der Waals surface area contributed by atoms with Crippen LogP contribution in [0.25, 0.3) is 0 Å². The lowest BCUT2D eigenvalue weighted by Gasteiger charge is -2.23. The van der Waals surface area contributed by atoms with E-state index in [1.54, 1.807) is 12.1 Å². The Morgan fingerprint density at radius 2 is 2.20 bits per heavy atom. The summed E-state index contributed by atoms with van der Waals surface area (Å²) in [4.78, 5) is 35.9. The van der Waals surface area contributed by atoms with E-state index in [4.69, 9.17) is 17.3 Å². The van der Waals surface area contributed by atoms with Crippen LogP contribution in [0.4, 0.5) is 16.2 Å². The SMILES string of the molecule is Nc1cc(Cl)ccc1NC(=O)CN1C(=O)CCSC1=O. The molecule has 20 heavy (non-hydrogen) atoms. The summed E-state index contributed by atoms with van der Waals surface area (Å²) in [6, 6.07) is 4.65. The van der Waals surface area contributed by atoms with Gasteiger partial charge in [0.15, 0.2) is 0 Å². The first-order chi connectivity index (χ1) is 9.47. The summed E-state index contributed by atoms with van der Waals surface area (Å²) in [5.41, 5.74) is 6.42. The van der Waals surface area contributed by atoms with Crippen molar-refractivity contribution in [3.05, 3.63) is 23.2 Å². The molecule has 1 saturated heterocycles. The van der Waals surface area contributed by atoms with E-state index in [-0.39, 0.29) is 18.9 Å². The Bertz CT molecular complexity index is 563. The van der Waals surface area contributed by atoms with E-state index in [0.717, 1.165) is 16.7 Å². The molecule has 106 valence electrons. The zero-order chi connectivity index (χ0) is 14.7. The van der Waals surface area contributed by atoms with E-state index in [1.807, 2.05) is 0 Å². The molecule has 3 amide bonds. The van der Waals surface area contributed by atoms with Gasteiger partial charge in [-0.05, 0) is 18.2 Å². The molecule has 8 heteroatoms. The van der Waals surface area contributed by atoms with Crippen molar-refractivity contribution in [2.45, 2.75) is 6.42 Å². The minimum absolute atomic E-state index is 0.257. The number of nitrogens with two attached hydrogens (primary N) is 1. The average molecular weight is 314 g/mol. The van der Waals surface area contributed by atoms with Crippen LogP contribution in [-0.4, -0.2) is 34.3 Å². The summed E-state index contributed by atoms with van der Waals surface area (Å²) >= 11 is 6.78. The number of carbonyl (C=O) groups excluding carboxylic acids is 3. The van der Waals surface area contributed by atoms with Gasteiger partial charge in [0, 0.05) is 17.2 Å². The molecule has 1 aromatic rings. The molecule has 1 aliphatic rings. The fraction of sp³-hybridized carbons (Fsp3) is 0.250. The molecule has 1 heterocycles. The summed E-state index contributed by atoms with van der Waals surface area (Å²) in [7, 11) is 0. The van der Waals surface area contributed by atoms with Gasteiger partial charge in [0.2, 0.25) is 11.8 Å². The van der Waals surface area contributed by atoms with E-state index in [0.29, 0.717) is 22.2 Å². The highest BCUT2D eigenvalue weighted by atomic mass is 35.5. The number of hydrogen-bond acceptors (Lipinski definition) is 5. The second-order valence-electron chi connectivity index (χ2n) is 4.12. The van der Waals surface area contributed by atoms with E-state index in [2.05, 4.69) is 5.32 Å².